The summed E-state index contributed by atoms with van der Waals surface area (Å²) in [7, 11) is 0. The zero-order chi connectivity index (χ0) is 38.2. The third-order valence-corrected chi connectivity index (χ3v) is 11.1. The van der Waals surface area contributed by atoms with E-state index in [4.69, 9.17) is 23.8 Å². The van der Waals surface area contributed by atoms with Crippen molar-refractivity contribution in [2.45, 2.75) is 0 Å². The van der Waals surface area contributed by atoms with E-state index in [1.54, 1.807) is 12.4 Å². The maximum absolute atomic E-state index is 6.18. The Balaban J connectivity index is 1.06. The van der Waals surface area contributed by atoms with Crippen molar-refractivity contribution in [1.29, 1.82) is 0 Å². The molecule has 0 aliphatic rings. The lowest BCUT2D eigenvalue weighted by molar-refractivity contribution is 0.653. The minimum atomic E-state index is 0.562. The van der Waals surface area contributed by atoms with E-state index in [1.807, 2.05) is 72.8 Å². The molecule has 0 atom stereocenters. The molecule has 0 aliphatic carbocycles. The Hall–Kier alpha value is -8.03. The molecule has 5 heterocycles. The van der Waals surface area contributed by atoms with Crippen molar-refractivity contribution < 1.29 is 8.83 Å². The number of hydrogen-bond acceptors (Lipinski definition) is 7. The molecule has 7 nitrogen and oxygen atoms in total. The summed E-state index contributed by atoms with van der Waals surface area (Å²) in [4.78, 5) is 24.5. The van der Waals surface area contributed by atoms with Crippen molar-refractivity contribution in [1.82, 2.24) is 24.9 Å². The van der Waals surface area contributed by atoms with Crippen LogP contribution in [0.2, 0.25) is 0 Å². The van der Waals surface area contributed by atoms with E-state index in [0.29, 0.717) is 28.9 Å². The van der Waals surface area contributed by atoms with Crippen LogP contribution in [0.1, 0.15) is 0 Å². The van der Waals surface area contributed by atoms with Gasteiger partial charge in [-0.3, -0.25) is 0 Å². The molecule has 0 bridgehead atoms. The van der Waals surface area contributed by atoms with Crippen molar-refractivity contribution in [2.24, 2.45) is 0 Å². The monoisotopic (exact) mass is 743 g/mol. The van der Waals surface area contributed by atoms with Gasteiger partial charge in [0.15, 0.2) is 17.5 Å². The Kier molecular flexibility index (Phi) is 7.09. The highest BCUT2D eigenvalue weighted by molar-refractivity contribution is 6.17. The largest absolute Gasteiger partial charge is 0.438 e. The second-order valence-electron chi connectivity index (χ2n) is 14.4. The molecular weight excluding hydrogens is 715 g/mol. The lowest BCUT2D eigenvalue weighted by Gasteiger charge is -2.16. The average molecular weight is 744 g/mol. The van der Waals surface area contributed by atoms with Crippen LogP contribution in [0.4, 0.5) is 0 Å². The summed E-state index contributed by atoms with van der Waals surface area (Å²) >= 11 is 0. The molecule has 0 unspecified atom stereocenters. The Labute approximate surface area is 330 Å². The van der Waals surface area contributed by atoms with E-state index >= 15 is 0 Å². The molecule has 0 spiro atoms. The molecular formula is C51H29N5O2. The van der Waals surface area contributed by atoms with Gasteiger partial charge in [-0.15, -0.1) is 0 Å². The second-order valence-corrected chi connectivity index (χ2v) is 14.4. The molecule has 0 aliphatic heterocycles. The van der Waals surface area contributed by atoms with E-state index in [2.05, 4.69) is 101 Å². The highest BCUT2D eigenvalue weighted by Gasteiger charge is 2.21. The van der Waals surface area contributed by atoms with Gasteiger partial charge in [0, 0.05) is 50.6 Å². The number of fused-ring (bicyclic) bond motifs is 8. The van der Waals surface area contributed by atoms with Gasteiger partial charge in [-0.1, -0.05) is 121 Å². The Morgan fingerprint density at radius 2 is 0.724 bits per heavy atom. The van der Waals surface area contributed by atoms with Crippen molar-refractivity contribution in [3.63, 3.8) is 0 Å². The third kappa shape index (κ3) is 4.97. The molecule has 0 saturated heterocycles. The second kappa shape index (κ2) is 12.8. The first-order valence-corrected chi connectivity index (χ1v) is 19.2. The van der Waals surface area contributed by atoms with Gasteiger partial charge in [-0.25, -0.2) is 24.9 Å². The fraction of sp³-hybridized carbons (Fsp3) is 0. The van der Waals surface area contributed by atoms with E-state index in [0.717, 1.165) is 93.2 Å². The minimum absolute atomic E-state index is 0.562. The fourth-order valence-corrected chi connectivity index (χ4v) is 8.56. The molecule has 7 heteroatoms. The number of benzene rings is 7. The summed E-state index contributed by atoms with van der Waals surface area (Å²) in [5.74, 6) is 1.74. The smallest absolute Gasteiger partial charge is 0.227 e. The Bertz CT molecular complexity index is 3590. The summed E-state index contributed by atoms with van der Waals surface area (Å²) in [6, 6.07) is 56.3. The summed E-state index contributed by atoms with van der Waals surface area (Å²) in [6.45, 7) is 0. The number of nitrogens with zero attached hydrogens (tertiary/aromatic N) is 5. The van der Waals surface area contributed by atoms with E-state index in [9.17, 15) is 0 Å². The van der Waals surface area contributed by atoms with Crippen LogP contribution in [-0.4, -0.2) is 24.9 Å². The predicted octanol–water partition coefficient (Wildman–Crippen LogP) is 13.1. The van der Waals surface area contributed by atoms with Crippen molar-refractivity contribution in [3.05, 3.63) is 176 Å². The molecule has 58 heavy (non-hydrogen) atoms. The van der Waals surface area contributed by atoms with Crippen molar-refractivity contribution in [2.75, 3.05) is 0 Å². The zero-order valence-electron chi connectivity index (χ0n) is 30.8. The first kappa shape index (κ1) is 32.2. The van der Waals surface area contributed by atoms with Crippen LogP contribution in [-0.2, 0) is 0 Å². The van der Waals surface area contributed by atoms with Gasteiger partial charge in [0.05, 0.1) is 0 Å². The molecule has 12 rings (SSSR count). The van der Waals surface area contributed by atoms with Crippen LogP contribution in [0.15, 0.2) is 185 Å². The molecule has 0 fully saturated rings. The molecule has 5 aromatic heterocycles. The standard InChI is InChI=1S/C51H29N5O2/c1-2-12-30(13-3-1)47-54-48(56-49(55-47)40-19-9-23-44-46(40)42-21-11-29-53-51(42)58-44)39-27-26-36(33-16-6-7-17-34(33)39)35-24-25-37(32-15-5-4-14-31(32)35)38-18-8-22-43-45(38)41-20-10-28-52-50(41)57-43/h1-29H. The molecule has 0 radical (unpaired) electrons. The summed E-state index contributed by atoms with van der Waals surface area (Å²) < 4.78 is 12.3. The van der Waals surface area contributed by atoms with Crippen molar-refractivity contribution in [3.8, 4) is 56.4 Å². The van der Waals surface area contributed by atoms with Crippen LogP contribution in [0.5, 0.6) is 0 Å². The van der Waals surface area contributed by atoms with Crippen LogP contribution < -0.4 is 0 Å². The lowest BCUT2D eigenvalue weighted by Crippen LogP contribution is -2.01. The van der Waals surface area contributed by atoms with Gasteiger partial charge >= 0.3 is 0 Å². The van der Waals surface area contributed by atoms with E-state index in [1.165, 1.54) is 0 Å². The zero-order valence-corrected chi connectivity index (χ0v) is 30.8. The topological polar surface area (TPSA) is 90.7 Å². The summed E-state index contributed by atoms with van der Waals surface area (Å²) in [5.41, 5.74) is 9.96. The quantitative estimate of drug-likeness (QED) is 0.173. The van der Waals surface area contributed by atoms with Crippen LogP contribution in [0.3, 0.4) is 0 Å². The molecule has 12 aromatic rings. The van der Waals surface area contributed by atoms with Gasteiger partial charge < -0.3 is 8.83 Å². The molecule has 0 amide bonds. The maximum Gasteiger partial charge on any atom is 0.227 e. The maximum atomic E-state index is 6.18. The summed E-state index contributed by atoms with van der Waals surface area (Å²) in [6.07, 6.45) is 3.51. The molecule has 7 aromatic carbocycles. The molecule has 270 valence electrons. The van der Waals surface area contributed by atoms with Gasteiger partial charge in [-0.2, -0.15) is 0 Å². The van der Waals surface area contributed by atoms with Gasteiger partial charge in [0.25, 0.3) is 0 Å². The highest BCUT2D eigenvalue weighted by atomic mass is 16.3. The van der Waals surface area contributed by atoms with Gasteiger partial charge in [-0.05, 0) is 86.3 Å². The Morgan fingerprint density at radius 3 is 1.31 bits per heavy atom. The first-order valence-electron chi connectivity index (χ1n) is 19.2. The number of pyridine rings is 2. The lowest BCUT2D eigenvalue weighted by atomic mass is 9.88. The number of furan rings is 2. The highest BCUT2D eigenvalue weighted by Crippen LogP contribution is 2.44. The normalized spacial score (nSPS) is 11.8. The molecule has 0 saturated carbocycles. The van der Waals surface area contributed by atoms with Crippen LogP contribution in [0.25, 0.3) is 122 Å². The number of aromatic nitrogens is 5. The van der Waals surface area contributed by atoms with E-state index < -0.39 is 0 Å². The van der Waals surface area contributed by atoms with Gasteiger partial charge in [0.1, 0.15) is 11.2 Å². The number of rotatable bonds is 5. The first-order chi connectivity index (χ1) is 28.8. The predicted molar refractivity (Wildman–Crippen MR) is 232 cm³/mol. The SMILES string of the molecule is c1ccc(-c2nc(-c3ccc(-c4ccc(-c5cccc6oc7ncccc7c56)c5ccccc45)c4ccccc34)nc(-c3cccc4oc5ncccc5c34)n2)cc1. The van der Waals surface area contributed by atoms with Gasteiger partial charge in [0.2, 0.25) is 11.4 Å². The van der Waals surface area contributed by atoms with Crippen LogP contribution in [0, 0.1) is 0 Å². The van der Waals surface area contributed by atoms with E-state index in [-0.39, 0.29) is 0 Å². The van der Waals surface area contributed by atoms with Crippen LogP contribution >= 0.6 is 0 Å². The van der Waals surface area contributed by atoms with Crippen molar-refractivity contribution >= 4 is 65.7 Å². The third-order valence-electron chi connectivity index (χ3n) is 11.1. The minimum Gasteiger partial charge on any atom is -0.438 e. The fourth-order valence-electron chi connectivity index (χ4n) is 8.56. The summed E-state index contributed by atoms with van der Waals surface area (Å²) in [5, 5.41) is 8.37. The number of hydrogen-bond donors (Lipinski definition) is 0. The average Bonchev–Trinajstić information content (AvgIpc) is 3.87. The Morgan fingerprint density at radius 1 is 0.293 bits per heavy atom. The molecule has 0 N–H and O–H groups in total.